The zero-order valence-electron chi connectivity index (χ0n) is 13.6. The van der Waals surface area contributed by atoms with E-state index in [0.29, 0.717) is 5.75 Å². The van der Waals surface area contributed by atoms with Gasteiger partial charge in [0.2, 0.25) is 0 Å². The van der Waals surface area contributed by atoms with Crippen molar-refractivity contribution >= 4 is 22.9 Å². The highest BCUT2D eigenvalue weighted by Gasteiger charge is 2.08. The summed E-state index contributed by atoms with van der Waals surface area (Å²) in [5, 5.41) is 9.76. The van der Waals surface area contributed by atoms with Crippen LogP contribution in [0.25, 0.3) is 17.1 Å². The fourth-order valence-corrected chi connectivity index (χ4v) is 2.61. The maximum atomic E-state index is 12.2. The SMILES string of the molecule is COc1ccc(/C=C/C(=O)Cc2cccc3c2ncn3C)cc1O. The zero-order valence-corrected chi connectivity index (χ0v) is 13.6. The molecule has 5 heteroatoms. The number of ether oxygens (including phenoxy) is 1. The van der Waals surface area contributed by atoms with Gasteiger partial charge in [-0.05, 0) is 35.4 Å². The van der Waals surface area contributed by atoms with Crippen LogP contribution in [-0.2, 0) is 18.3 Å². The molecule has 0 aliphatic carbocycles. The Kier molecular flexibility index (Phi) is 4.33. The summed E-state index contributed by atoms with van der Waals surface area (Å²) in [5.41, 5.74) is 3.49. The van der Waals surface area contributed by atoms with Crippen molar-refractivity contribution in [2.75, 3.05) is 7.11 Å². The van der Waals surface area contributed by atoms with Gasteiger partial charge in [0, 0.05) is 13.5 Å². The molecule has 0 bridgehead atoms. The van der Waals surface area contributed by atoms with Gasteiger partial charge in [-0.25, -0.2) is 4.98 Å². The Labute approximate surface area is 139 Å². The molecule has 0 amide bonds. The van der Waals surface area contributed by atoms with Crippen molar-refractivity contribution in [2.45, 2.75) is 6.42 Å². The van der Waals surface area contributed by atoms with Gasteiger partial charge in [0.15, 0.2) is 17.3 Å². The largest absolute Gasteiger partial charge is 0.504 e. The number of nitrogens with zero attached hydrogens (tertiary/aromatic N) is 2. The van der Waals surface area contributed by atoms with Gasteiger partial charge in [-0.2, -0.15) is 0 Å². The average molecular weight is 322 g/mol. The van der Waals surface area contributed by atoms with Crippen LogP contribution in [0.1, 0.15) is 11.1 Å². The lowest BCUT2D eigenvalue weighted by Gasteiger charge is -2.03. The predicted octanol–water partition coefficient (Wildman–Crippen LogP) is 3.11. The summed E-state index contributed by atoms with van der Waals surface area (Å²) in [6.45, 7) is 0. The molecule has 3 rings (SSSR count). The number of methoxy groups -OCH3 is 1. The number of allylic oxidation sites excluding steroid dienone is 1. The fourth-order valence-electron chi connectivity index (χ4n) is 2.61. The molecular weight excluding hydrogens is 304 g/mol. The van der Waals surface area contributed by atoms with Crippen LogP contribution in [0.5, 0.6) is 11.5 Å². The molecule has 0 fully saturated rings. The number of hydrogen-bond donors (Lipinski definition) is 1. The van der Waals surface area contributed by atoms with E-state index in [9.17, 15) is 9.90 Å². The van der Waals surface area contributed by atoms with Gasteiger partial charge in [-0.1, -0.05) is 24.3 Å². The third kappa shape index (κ3) is 3.15. The van der Waals surface area contributed by atoms with Crippen molar-refractivity contribution in [2.24, 2.45) is 7.05 Å². The van der Waals surface area contributed by atoms with Crippen molar-refractivity contribution in [1.82, 2.24) is 9.55 Å². The number of imidazole rings is 1. The molecule has 24 heavy (non-hydrogen) atoms. The first-order chi connectivity index (χ1) is 11.6. The van der Waals surface area contributed by atoms with E-state index in [1.165, 1.54) is 13.2 Å². The molecule has 0 radical (unpaired) electrons. The topological polar surface area (TPSA) is 64.3 Å². The zero-order chi connectivity index (χ0) is 17.1. The summed E-state index contributed by atoms with van der Waals surface area (Å²) in [6, 6.07) is 10.8. The van der Waals surface area contributed by atoms with Crippen LogP contribution in [0.4, 0.5) is 0 Å². The second-order valence-electron chi connectivity index (χ2n) is 5.55. The number of aromatic hydroxyl groups is 1. The van der Waals surface area contributed by atoms with Gasteiger partial charge < -0.3 is 14.4 Å². The molecule has 0 atom stereocenters. The van der Waals surface area contributed by atoms with E-state index in [1.807, 2.05) is 29.8 Å². The van der Waals surface area contributed by atoms with Gasteiger partial charge in [0.05, 0.1) is 24.5 Å². The first-order valence-corrected chi connectivity index (χ1v) is 7.55. The van der Waals surface area contributed by atoms with E-state index in [4.69, 9.17) is 4.74 Å². The second kappa shape index (κ2) is 6.58. The third-order valence-corrected chi connectivity index (χ3v) is 3.87. The number of hydrogen-bond acceptors (Lipinski definition) is 4. The number of rotatable bonds is 5. The normalized spacial score (nSPS) is 11.2. The van der Waals surface area contributed by atoms with Gasteiger partial charge in [-0.3, -0.25) is 4.79 Å². The highest BCUT2D eigenvalue weighted by molar-refractivity contribution is 5.97. The molecule has 1 aromatic heterocycles. The number of ketones is 1. The Morgan fingerprint density at radius 2 is 2.17 bits per heavy atom. The van der Waals surface area contributed by atoms with Crippen molar-refractivity contribution in [3.63, 3.8) is 0 Å². The molecule has 2 aromatic carbocycles. The number of benzene rings is 2. The van der Waals surface area contributed by atoms with Crippen LogP contribution in [-0.4, -0.2) is 27.6 Å². The molecule has 0 aliphatic heterocycles. The van der Waals surface area contributed by atoms with Gasteiger partial charge in [0.25, 0.3) is 0 Å². The van der Waals surface area contributed by atoms with E-state index < -0.39 is 0 Å². The first kappa shape index (κ1) is 15.8. The quantitative estimate of drug-likeness (QED) is 0.733. The average Bonchev–Trinajstić information content (AvgIpc) is 2.96. The van der Waals surface area contributed by atoms with Gasteiger partial charge >= 0.3 is 0 Å². The van der Waals surface area contributed by atoms with Crippen LogP contribution < -0.4 is 4.74 Å². The van der Waals surface area contributed by atoms with Crippen LogP contribution in [0.2, 0.25) is 0 Å². The third-order valence-electron chi connectivity index (χ3n) is 3.87. The monoisotopic (exact) mass is 322 g/mol. The van der Waals surface area contributed by atoms with E-state index in [2.05, 4.69) is 4.98 Å². The Bertz CT molecular complexity index is 926. The Balaban J connectivity index is 1.76. The Morgan fingerprint density at radius 3 is 2.92 bits per heavy atom. The number of aromatic nitrogens is 2. The van der Waals surface area contributed by atoms with Crippen molar-refractivity contribution in [3.8, 4) is 11.5 Å². The smallest absolute Gasteiger partial charge is 0.160 e. The van der Waals surface area contributed by atoms with E-state index in [1.54, 1.807) is 30.6 Å². The minimum atomic E-state index is -0.0246. The van der Waals surface area contributed by atoms with E-state index >= 15 is 0 Å². The van der Waals surface area contributed by atoms with E-state index in [-0.39, 0.29) is 18.0 Å². The summed E-state index contributed by atoms with van der Waals surface area (Å²) in [4.78, 5) is 16.6. The molecule has 3 aromatic rings. The number of phenols is 1. The number of carbonyl (C=O) groups excluding carboxylic acids is 1. The van der Waals surface area contributed by atoms with Crippen molar-refractivity contribution in [3.05, 3.63) is 59.9 Å². The molecule has 0 aliphatic rings. The summed E-state index contributed by atoms with van der Waals surface area (Å²) in [5.74, 6) is 0.425. The molecule has 1 heterocycles. The molecular formula is C19H18N2O3. The van der Waals surface area contributed by atoms with E-state index in [0.717, 1.165) is 22.2 Å². The number of phenolic OH excluding ortho intramolecular Hbond substituents is 1. The maximum Gasteiger partial charge on any atom is 0.160 e. The molecule has 0 spiro atoms. The molecule has 0 unspecified atom stereocenters. The number of para-hydroxylation sites is 1. The Hall–Kier alpha value is -3.08. The van der Waals surface area contributed by atoms with Crippen LogP contribution in [0, 0.1) is 0 Å². The lowest BCUT2D eigenvalue weighted by atomic mass is 10.1. The van der Waals surface area contributed by atoms with Crippen LogP contribution in [0.15, 0.2) is 48.8 Å². The van der Waals surface area contributed by atoms with Gasteiger partial charge in [-0.15, -0.1) is 0 Å². The minimum Gasteiger partial charge on any atom is -0.504 e. The summed E-state index contributed by atoms with van der Waals surface area (Å²) in [7, 11) is 3.42. The molecule has 0 saturated carbocycles. The molecule has 0 saturated heterocycles. The second-order valence-corrected chi connectivity index (χ2v) is 5.55. The fraction of sp³-hybridized carbons (Fsp3) is 0.158. The predicted molar refractivity (Wildman–Crippen MR) is 93.1 cm³/mol. The lowest BCUT2D eigenvalue weighted by Crippen LogP contribution is -1.99. The number of carbonyl (C=O) groups is 1. The molecule has 5 nitrogen and oxygen atoms in total. The van der Waals surface area contributed by atoms with Crippen molar-refractivity contribution in [1.29, 1.82) is 0 Å². The maximum absolute atomic E-state index is 12.2. The summed E-state index contributed by atoms with van der Waals surface area (Å²) < 4.78 is 6.93. The highest BCUT2D eigenvalue weighted by atomic mass is 16.5. The summed E-state index contributed by atoms with van der Waals surface area (Å²) in [6.07, 6.45) is 5.23. The molecule has 122 valence electrons. The summed E-state index contributed by atoms with van der Waals surface area (Å²) >= 11 is 0. The van der Waals surface area contributed by atoms with Crippen molar-refractivity contribution < 1.29 is 14.6 Å². The standard InChI is InChI=1S/C19H18N2O3/c1-21-12-20-19-14(4-3-5-16(19)21)11-15(22)8-6-13-7-9-18(24-2)17(23)10-13/h3-10,12,23H,11H2,1-2H3/b8-6+. The van der Waals surface area contributed by atoms with Gasteiger partial charge in [0.1, 0.15) is 0 Å². The van der Waals surface area contributed by atoms with Crippen LogP contribution in [0.3, 0.4) is 0 Å². The number of fused-ring (bicyclic) bond motifs is 1. The first-order valence-electron chi connectivity index (χ1n) is 7.55. The van der Waals surface area contributed by atoms with Crippen LogP contribution >= 0.6 is 0 Å². The minimum absolute atomic E-state index is 0.0246. The molecule has 1 N–H and O–H groups in total. The Morgan fingerprint density at radius 1 is 1.33 bits per heavy atom. The number of aryl methyl sites for hydroxylation is 1. The lowest BCUT2D eigenvalue weighted by molar-refractivity contribution is -0.113. The highest BCUT2D eigenvalue weighted by Crippen LogP contribution is 2.26.